The summed E-state index contributed by atoms with van der Waals surface area (Å²) in [6.45, 7) is 4.81. The van der Waals surface area contributed by atoms with Crippen molar-refractivity contribution in [2.75, 3.05) is 13.1 Å². The van der Waals surface area contributed by atoms with Gasteiger partial charge in [0.15, 0.2) is 0 Å². The summed E-state index contributed by atoms with van der Waals surface area (Å²) in [5.74, 6) is -0.0759. The molecule has 2 heterocycles. The smallest absolute Gasteiger partial charge is 0.272 e. The van der Waals surface area contributed by atoms with Crippen molar-refractivity contribution in [1.29, 1.82) is 0 Å². The lowest BCUT2D eigenvalue weighted by Crippen LogP contribution is -2.47. The zero-order chi connectivity index (χ0) is 17.1. The summed E-state index contributed by atoms with van der Waals surface area (Å²) in [6, 6.07) is 10.4. The van der Waals surface area contributed by atoms with E-state index < -0.39 is 0 Å². The lowest BCUT2D eigenvalue weighted by Gasteiger charge is -2.33. The Kier molecular flexibility index (Phi) is 5.36. The van der Waals surface area contributed by atoms with Crippen molar-refractivity contribution in [1.82, 2.24) is 20.0 Å². The molecule has 1 N–H and O–H groups in total. The first-order chi connectivity index (χ1) is 11.5. The van der Waals surface area contributed by atoms with E-state index in [2.05, 4.69) is 49.4 Å². The summed E-state index contributed by atoms with van der Waals surface area (Å²) >= 11 is 3.52. The zero-order valence-corrected chi connectivity index (χ0v) is 15.7. The molecular weight excluding hydrogens is 368 g/mol. The van der Waals surface area contributed by atoms with E-state index in [9.17, 15) is 4.79 Å². The van der Waals surface area contributed by atoms with Crippen molar-refractivity contribution in [3.8, 4) is 0 Å². The van der Waals surface area contributed by atoms with Crippen LogP contribution in [0, 0.1) is 6.92 Å². The molecule has 1 saturated heterocycles. The van der Waals surface area contributed by atoms with Crippen molar-refractivity contribution < 1.29 is 4.79 Å². The van der Waals surface area contributed by atoms with E-state index in [1.165, 1.54) is 5.56 Å². The monoisotopic (exact) mass is 390 g/mol. The molecule has 0 bridgehead atoms. The second-order valence-corrected chi connectivity index (χ2v) is 7.39. The van der Waals surface area contributed by atoms with Gasteiger partial charge >= 0.3 is 0 Å². The summed E-state index contributed by atoms with van der Waals surface area (Å²) in [4.78, 5) is 14.8. The van der Waals surface area contributed by atoms with Crippen LogP contribution in [0.1, 0.15) is 34.6 Å². The van der Waals surface area contributed by atoms with E-state index in [1.54, 1.807) is 4.68 Å². The van der Waals surface area contributed by atoms with E-state index in [4.69, 9.17) is 0 Å². The van der Waals surface area contributed by atoms with Crippen LogP contribution in [-0.4, -0.2) is 39.7 Å². The Hall–Kier alpha value is -1.66. The number of piperidine rings is 1. The first-order valence-electron chi connectivity index (χ1n) is 8.29. The van der Waals surface area contributed by atoms with Gasteiger partial charge in [0.05, 0.1) is 0 Å². The normalized spacial score (nSPS) is 18.5. The molecule has 24 heavy (non-hydrogen) atoms. The number of nitrogens with one attached hydrogen (secondary N) is 1. The number of carbonyl (C=O) groups is 1. The first kappa shape index (κ1) is 17.2. The second-order valence-electron chi connectivity index (χ2n) is 6.47. The van der Waals surface area contributed by atoms with Gasteiger partial charge < -0.3 is 5.32 Å². The summed E-state index contributed by atoms with van der Waals surface area (Å²) in [6.07, 6.45) is 2.12. The average molecular weight is 391 g/mol. The quantitative estimate of drug-likeness (QED) is 0.872. The van der Waals surface area contributed by atoms with Gasteiger partial charge in [-0.15, -0.1) is 0 Å². The van der Waals surface area contributed by atoms with Crippen molar-refractivity contribution in [3.63, 3.8) is 0 Å². The largest absolute Gasteiger partial charge is 0.347 e. The standard InChI is InChI=1S/C18H23BrN4O/c1-13-9-17(21-22(13)2)18(24)20-16-7-4-8-23(12-16)11-14-5-3-6-15(19)10-14/h3,5-6,9-10,16H,4,7-8,11-12H2,1-2H3,(H,20,24). The van der Waals surface area contributed by atoms with Gasteiger partial charge in [-0.2, -0.15) is 5.10 Å². The van der Waals surface area contributed by atoms with Crippen LogP contribution in [0.2, 0.25) is 0 Å². The number of likely N-dealkylation sites (tertiary alicyclic amines) is 1. The number of aryl methyl sites for hydroxylation is 2. The van der Waals surface area contributed by atoms with Crippen LogP contribution in [0.4, 0.5) is 0 Å². The highest BCUT2D eigenvalue weighted by atomic mass is 79.9. The molecule has 3 rings (SSSR count). The molecule has 2 aromatic rings. The summed E-state index contributed by atoms with van der Waals surface area (Å²) in [7, 11) is 1.85. The average Bonchev–Trinajstić information content (AvgIpc) is 2.87. The Labute approximate surface area is 151 Å². The summed E-state index contributed by atoms with van der Waals surface area (Å²) in [5.41, 5.74) is 2.77. The maximum Gasteiger partial charge on any atom is 0.272 e. The maximum absolute atomic E-state index is 12.4. The molecule has 0 radical (unpaired) electrons. The predicted octanol–water partition coefficient (Wildman–Crippen LogP) is 2.89. The van der Waals surface area contributed by atoms with Crippen LogP contribution in [0.3, 0.4) is 0 Å². The topological polar surface area (TPSA) is 50.2 Å². The molecule has 1 aromatic carbocycles. The molecule has 1 atom stereocenters. The molecule has 1 aromatic heterocycles. The Balaban J connectivity index is 1.58. The van der Waals surface area contributed by atoms with E-state index in [0.29, 0.717) is 5.69 Å². The Morgan fingerprint density at radius 3 is 2.96 bits per heavy atom. The van der Waals surface area contributed by atoms with Gasteiger partial charge in [0, 0.05) is 36.3 Å². The Bertz CT molecular complexity index is 708. The fourth-order valence-corrected chi connectivity index (χ4v) is 3.59. The molecule has 128 valence electrons. The minimum Gasteiger partial charge on any atom is -0.347 e. The molecule has 0 spiro atoms. The fourth-order valence-electron chi connectivity index (χ4n) is 3.14. The summed E-state index contributed by atoms with van der Waals surface area (Å²) < 4.78 is 2.84. The zero-order valence-electron chi connectivity index (χ0n) is 14.1. The van der Waals surface area contributed by atoms with Gasteiger partial charge in [-0.3, -0.25) is 14.4 Å². The number of carbonyl (C=O) groups excluding carboxylic acids is 1. The molecule has 1 amide bonds. The van der Waals surface area contributed by atoms with Crippen molar-refractivity contribution in [2.45, 2.75) is 32.4 Å². The predicted molar refractivity (Wildman–Crippen MR) is 97.9 cm³/mol. The minimum atomic E-state index is -0.0759. The molecule has 1 aliphatic rings. The van der Waals surface area contributed by atoms with E-state index in [0.717, 1.165) is 42.6 Å². The first-order valence-corrected chi connectivity index (χ1v) is 9.09. The fraction of sp³-hybridized carbons (Fsp3) is 0.444. The molecule has 1 unspecified atom stereocenters. The number of hydrogen-bond donors (Lipinski definition) is 1. The molecule has 6 heteroatoms. The van der Waals surface area contributed by atoms with Crippen LogP contribution in [-0.2, 0) is 13.6 Å². The van der Waals surface area contributed by atoms with Crippen LogP contribution in [0.15, 0.2) is 34.8 Å². The Morgan fingerprint density at radius 2 is 2.25 bits per heavy atom. The highest BCUT2D eigenvalue weighted by molar-refractivity contribution is 9.10. The SMILES string of the molecule is Cc1cc(C(=O)NC2CCCN(Cc3cccc(Br)c3)C2)nn1C. The maximum atomic E-state index is 12.4. The van der Waals surface area contributed by atoms with Crippen molar-refractivity contribution in [2.24, 2.45) is 7.05 Å². The number of amides is 1. The number of benzene rings is 1. The molecule has 1 fully saturated rings. The van der Waals surface area contributed by atoms with Crippen LogP contribution in [0.5, 0.6) is 0 Å². The third kappa shape index (κ3) is 4.24. The van der Waals surface area contributed by atoms with Gasteiger partial charge in [0.25, 0.3) is 5.91 Å². The highest BCUT2D eigenvalue weighted by Crippen LogP contribution is 2.17. The van der Waals surface area contributed by atoms with Gasteiger partial charge in [0.1, 0.15) is 5.69 Å². The highest BCUT2D eigenvalue weighted by Gasteiger charge is 2.23. The lowest BCUT2D eigenvalue weighted by molar-refractivity contribution is 0.0895. The van der Waals surface area contributed by atoms with E-state index in [-0.39, 0.29) is 11.9 Å². The van der Waals surface area contributed by atoms with Crippen LogP contribution < -0.4 is 5.32 Å². The van der Waals surface area contributed by atoms with Gasteiger partial charge in [-0.1, -0.05) is 28.1 Å². The van der Waals surface area contributed by atoms with E-state index >= 15 is 0 Å². The van der Waals surface area contributed by atoms with Crippen molar-refractivity contribution >= 4 is 21.8 Å². The van der Waals surface area contributed by atoms with E-state index in [1.807, 2.05) is 26.1 Å². The molecule has 5 nitrogen and oxygen atoms in total. The van der Waals surface area contributed by atoms with Crippen LogP contribution in [0.25, 0.3) is 0 Å². The molecule has 1 aliphatic heterocycles. The van der Waals surface area contributed by atoms with Gasteiger partial charge in [-0.25, -0.2) is 0 Å². The Morgan fingerprint density at radius 1 is 1.42 bits per heavy atom. The van der Waals surface area contributed by atoms with Gasteiger partial charge in [-0.05, 0) is 50.1 Å². The van der Waals surface area contributed by atoms with Gasteiger partial charge in [0.2, 0.25) is 0 Å². The number of halogens is 1. The molecular formula is C18H23BrN4O. The number of aromatic nitrogens is 2. The second kappa shape index (κ2) is 7.49. The number of hydrogen-bond acceptors (Lipinski definition) is 3. The van der Waals surface area contributed by atoms with Crippen LogP contribution >= 0.6 is 15.9 Å². The third-order valence-corrected chi connectivity index (χ3v) is 4.98. The van der Waals surface area contributed by atoms with Crippen molar-refractivity contribution in [3.05, 3.63) is 51.8 Å². The summed E-state index contributed by atoms with van der Waals surface area (Å²) in [5, 5.41) is 7.40. The number of nitrogens with zero attached hydrogens (tertiary/aromatic N) is 3. The number of rotatable bonds is 4. The lowest BCUT2D eigenvalue weighted by atomic mass is 10.0. The molecule has 0 aliphatic carbocycles. The minimum absolute atomic E-state index is 0.0759. The third-order valence-electron chi connectivity index (χ3n) is 4.48. The molecule has 0 saturated carbocycles.